The number of fused-ring (bicyclic) bond motifs is 4. The molecule has 0 fully saturated rings. The van der Waals surface area contributed by atoms with Crippen molar-refractivity contribution in [1.82, 2.24) is 15.0 Å². The van der Waals surface area contributed by atoms with E-state index in [0.717, 1.165) is 118 Å². The second-order valence-electron chi connectivity index (χ2n) is 22.4. The Morgan fingerprint density at radius 1 is 0.195 bits per heavy atom. The molecular weight excluding hydrogens is 1050 g/mol. The lowest BCUT2D eigenvalue weighted by atomic mass is 9.33. The van der Waals surface area contributed by atoms with Crippen molar-refractivity contribution in [2.75, 3.05) is 9.80 Å². The van der Waals surface area contributed by atoms with E-state index in [0.29, 0.717) is 17.5 Å². The maximum absolute atomic E-state index is 5.51. The van der Waals surface area contributed by atoms with Crippen LogP contribution in [-0.4, -0.2) is 21.7 Å². The van der Waals surface area contributed by atoms with Gasteiger partial charge in [0.1, 0.15) is 0 Å². The van der Waals surface area contributed by atoms with Crippen LogP contribution in [-0.2, 0) is 0 Å². The first kappa shape index (κ1) is 51.2. The summed E-state index contributed by atoms with van der Waals surface area (Å²) in [4.78, 5) is 21.3. The van der Waals surface area contributed by atoms with E-state index in [2.05, 4.69) is 301 Å². The summed E-state index contributed by atoms with van der Waals surface area (Å²) in [6, 6.07) is 118. The molecule has 3 heterocycles. The zero-order valence-electron chi connectivity index (χ0n) is 47.5. The Bertz CT molecular complexity index is 4420. The standard InChI is InChI=1S/C81H54BN5/c1-9-25-55(26-10-1)63-41-43-72-74(51-63)86(70-47-65(57-29-13-3-14-30-57)45-66(48-70)58-31-15-4-16-32-58)76-53-69(81-84-79(61-37-21-7-22-38-61)83-80(85-81)62-39-23-8-24-40-62)54-77-78(76)82(72)73-44-42-64(56-27-11-2-12-28-56)52-75(73)87(77)71-49-67(59-33-17-5-18-34-59)46-68(50-71)60-35-19-6-20-36-60/h1-54H. The molecule has 87 heavy (non-hydrogen) atoms. The minimum absolute atomic E-state index is 0.203. The molecule has 16 rings (SSSR count). The fraction of sp³-hybridized carbons (Fsp3) is 0. The molecule has 0 saturated heterocycles. The van der Waals surface area contributed by atoms with Gasteiger partial charge >= 0.3 is 0 Å². The van der Waals surface area contributed by atoms with Crippen molar-refractivity contribution in [1.29, 1.82) is 0 Å². The first-order valence-electron chi connectivity index (χ1n) is 29.7. The van der Waals surface area contributed by atoms with E-state index in [1.54, 1.807) is 0 Å². The van der Waals surface area contributed by atoms with Gasteiger partial charge in [0, 0.05) is 50.8 Å². The van der Waals surface area contributed by atoms with Crippen LogP contribution in [0.4, 0.5) is 34.1 Å². The smallest absolute Gasteiger partial charge is 0.252 e. The fourth-order valence-electron chi connectivity index (χ4n) is 12.9. The highest BCUT2D eigenvalue weighted by atomic mass is 15.2. The highest BCUT2D eigenvalue weighted by Gasteiger charge is 2.44. The number of hydrogen-bond acceptors (Lipinski definition) is 5. The number of benzene rings is 13. The maximum atomic E-state index is 5.51. The molecule has 0 unspecified atom stereocenters. The first-order valence-corrected chi connectivity index (χ1v) is 29.7. The van der Waals surface area contributed by atoms with Gasteiger partial charge in [-0.2, -0.15) is 0 Å². The SMILES string of the molecule is c1ccc(-c2cc(-c3ccccc3)cc(N3c4cc(-c5ccccc5)ccc4B4c5ccc(-c6ccccc6)cc5N(c5cc(-c6ccccc6)cc(-c6ccccc6)c5)c5cc(-c6nc(-c7ccccc7)nc(-c7ccccc7)n6)cc3c54)c2)cc1. The lowest BCUT2D eigenvalue weighted by Gasteiger charge is -2.45. The monoisotopic (exact) mass is 1110 g/mol. The molecule has 0 amide bonds. The van der Waals surface area contributed by atoms with Crippen LogP contribution < -0.4 is 26.2 Å². The van der Waals surface area contributed by atoms with Crippen molar-refractivity contribution in [3.63, 3.8) is 0 Å². The summed E-state index contributed by atoms with van der Waals surface area (Å²) in [5.41, 5.74) is 26.1. The minimum Gasteiger partial charge on any atom is -0.311 e. The topological polar surface area (TPSA) is 45.2 Å². The number of hydrogen-bond donors (Lipinski definition) is 0. The van der Waals surface area contributed by atoms with Crippen molar-refractivity contribution in [2.24, 2.45) is 0 Å². The minimum atomic E-state index is -0.203. The van der Waals surface area contributed by atoms with Gasteiger partial charge in [-0.25, -0.2) is 15.0 Å². The Hall–Kier alpha value is -11.5. The van der Waals surface area contributed by atoms with Crippen LogP contribution in [0.3, 0.4) is 0 Å². The third-order valence-corrected chi connectivity index (χ3v) is 17.0. The Morgan fingerprint density at radius 2 is 0.448 bits per heavy atom. The summed E-state index contributed by atoms with van der Waals surface area (Å²) < 4.78 is 0. The normalized spacial score (nSPS) is 12.1. The van der Waals surface area contributed by atoms with E-state index in [1.165, 1.54) is 16.4 Å². The van der Waals surface area contributed by atoms with Gasteiger partial charge in [0.25, 0.3) is 6.71 Å². The summed E-state index contributed by atoms with van der Waals surface area (Å²) in [6.07, 6.45) is 0. The number of aromatic nitrogens is 3. The van der Waals surface area contributed by atoms with Crippen molar-refractivity contribution < 1.29 is 0 Å². The van der Waals surface area contributed by atoms with Crippen LogP contribution in [0.15, 0.2) is 328 Å². The summed E-state index contributed by atoms with van der Waals surface area (Å²) in [6.45, 7) is -0.203. The quantitative estimate of drug-likeness (QED) is 0.121. The van der Waals surface area contributed by atoms with E-state index in [4.69, 9.17) is 15.0 Å². The Balaban J connectivity index is 1.05. The predicted octanol–water partition coefficient (Wildman–Crippen LogP) is 19.0. The molecule has 0 atom stereocenters. The fourth-order valence-corrected chi connectivity index (χ4v) is 12.9. The molecular formula is C81H54BN5. The molecule has 0 radical (unpaired) electrons. The van der Waals surface area contributed by atoms with E-state index >= 15 is 0 Å². The van der Waals surface area contributed by atoms with E-state index in [1.807, 2.05) is 36.4 Å². The van der Waals surface area contributed by atoms with Crippen molar-refractivity contribution >= 4 is 57.2 Å². The van der Waals surface area contributed by atoms with E-state index < -0.39 is 0 Å². The lowest BCUT2D eigenvalue weighted by Crippen LogP contribution is -2.61. The van der Waals surface area contributed by atoms with Gasteiger partial charge in [-0.1, -0.05) is 267 Å². The first-order chi connectivity index (χ1) is 43.1. The third-order valence-electron chi connectivity index (χ3n) is 17.0. The van der Waals surface area contributed by atoms with Gasteiger partial charge in [-0.05, 0) is 144 Å². The van der Waals surface area contributed by atoms with Crippen molar-refractivity contribution in [3.8, 4) is 101 Å². The summed E-state index contributed by atoms with van der Waals surface area (Å²) in [5, 5.41) is 0. The molecule has 0 bridgehead atoms. The molecule has 6 heteroatoms. The Morgan fingerprint density at radius 3 is 0.747 bits per heavy atom. The molecule has 2 aliphatic rings. The average Bonchev–Trinajstić information content (AvgIpc) is 1.23. The zero-order chi connectivity index (χ0) is 57.6. The largest absolute Gasteiger partial charge is 0.311 e. The van der Waals surface area contributed by atoms with Crippen LogP contribution in [0.5, 0.6) is 0 Å². The van der Waals surface area contributed by atoms with E-state index in [9.17, 15) is 0 Å². The van der Waals surface area contributed by atoms with Gasteiger partial charge in [-0.15, -0.1) is 0 Å². The molecule has 13 aromatic carbocycles. The summed E-state index contributed by atoms with van der Waals surface area (Å²) >= 11 is 0. The van der Waals surface area contributed by atoms with Gasteiger partial charge in [0.15, 0.2) is 17.5 Å². The molecule has 0 saturated carbocycles. The summed E-state index contributed by atoms with van der Waals surface area (Å²) in [5.74, 6) is 1.76. The van der Waals surface area contributed by atoms with Gasteiger partial charge in [0.05, 0.1) is 0 Å². The highest BCUT2D eigenvalue weighted by Crippen LogP contribution is 2.49. The number of nitrogens with zero attached hydrogens (tertiary/aromatic N) is 5. The average molecular weight is 1110 g/mol. The van der Waals surface area contributed by atoms with Crippen LogP contribution in [0, 0.1) is 0 Å². The molecule has 406 valence electrons. The third kappa shape index (κ3) is 9.56. The zero-order valence-corrected chi connectivity index (χ0v) is 47.5. The van der Waals surface area contributed by atoms with E-state index in [-0.39, 0.29) is 6.71 Å². The molecule has 2 aliphatic heterocycles. The second-order valence-corrected chi connectivity index (χ2v) is 22.4. The second kappa shape index (κ2) is 21.9. The Labute approximate surface area is 507 Å². The van der Waals surface area contributed by atoms with Gasteiger partial charge in [0.2, 0.25) is 0 Å². The van der Waals surface area contributed by atoms with Crippen LogP contribution in [0.2, 0.25) is 0 Å². The molecule has 0 aliphatic carbocycles. The van der Waals surface area contributed by atoms with Gasteiger partial charge < -0.3 is 9.80 Å². The van der Waals surface area contributed by atoms with Crippen LogP contribution in [0.25, 0.3) is 101 Å². The molecule has 5 nitrogen and oxygen atoms in total. The van der Waals surface area contributed by atoms with Gasteiger partial charge in [-0.3, -0.25) is 0 Å². The molecule has 0 N–H and O–H groups in total. The van der Waals surface area contributed by atoms with Crippen molar-refractivity contribution in [2.45, 2.75) is 0 Å². The predicted molar refractivity (Wildman–Crippen MR) is 363 cm³/mol. The van der Waals surface area contributed by atoms with Crippen molar-refractivity contribution in [3.05, 3.63) is 328 Å². The molecule has 1 aromatic heterocycles. The number of anilines is 6. The van der Waals surface area contributed by atoms with Crippen LogP contribution in [0.1, 0.15) is 0 Å². The summed E-state index contributed by atoms with van der Waals surface area (Å²) in [7, 11) is 0. The van der Waals surface area contributed by atoms with Crippen LogP contribution >= 0.6 is 0 Å². The lowest BCUT2D eigenvalue weighted by molar-refractivity contribution is 1.07. The maximum Gasteiger partial charge on any atom is 0.252 e. The Kier molecular flexibility index (Phi) is 12.9. The highest BCUT2D eigenvalue weighted by molar-refractivity contribution is 7.00. The molecule has 14 aromatic rings. The molecule has 0 spiro atoms. The number of rotatable bonds is 11.